The normalized spacial score (nSPS) is 24.2. The molecule has 64 valence electrons. The van der Waals surface area contributed by atoms with Gasteiger partial charge in [-0.3, -0.25) is 0 Å². The minimum Gasteiger partial charge on any atom is -0.389 e. The van der Waals surface area contributed by atoms with Crippen molar-refractivity contribution in [2.24, 2.45) is 5.92 Å². The third-order valence-corrected chi connectivity index (χ3v) is 2.31. The summed E-state index contributed by atoms with van der Waals surface area (Å²) in [7, 11) is 0. The van der Waals surface area contributed by atoms with E-state index in [4.69, 9.17) is 5.11 Å². The van der Waals surface area contributed by atoms with Gasteiger partial charge in [0.15, 0.2) is 0 Å². The second-order valence-electron chi connectivity index (χ2n) is 3.52. The van der Waals surface area contributed by atoms with Gasteiger partial charge in [0.25, 0.3) is 0 Å². The molecule has 1 saturated carbocycles. The highest BCUT2D eigenvalue weighted by Crippen LogP contribution is 2.24. The van der Waals surface area contributed by atoms with Crippen LogP contribution in [-0.4, -0.2) is 11.2 Å². The second kappa shape index (κ2) is 4.55. The lowest BCUT2D eigenvalue weighted by Crippen LogP contribution is -2.04. The van der Waals surface area contributed by atoms with Gasteiger partial charge >= 0.3 is 0 Å². The number of hydrogen-bond donors (Lipinski definition) is 1. The molecule has 0 aromatic rings. The van der Waals surface area contributed by atoms with Crippen LogP contribution >= 0.6 is 0 Å². The third-order valence-electron chi connectivity index (χ3n) is 2.31. The van der Waals surface area contributed by atoms with E-state index in [1.165, 1.54) is 32.1 Å². The standard InChI is InChI=1S/C10H18O/c1-9(11)7-8-10-5-3-2-4-6-10/h7-11H,2-6H2,1H3/b8-7-/t9-/m1/s1. The molecule has 0 aromatic carbocycles. The van der Waals surface area contributed by atoms with Crippen molar-refractivity contribution in [3.63, 3.8) is 0 Å². The molecule has 1 heteroatoms. The van der Waals surface area contributed by atoms with Crippen LogP contribution in [0.3, 0.4) is 0 Å². The lowest BCUT2D eigenvalue weighted by molar-refractivity contribution is 0.242. The van der Waals surface area contributed by atoms with Crippen molar-refractivity contribution in [1.82, 2.24) is 0 Å². The van der Waals surface area contributed by atoms with E-state index >= 15 is 0 Å². The van der Waals surface area contributed by atoms with Crippen molar-refractivity contribution in [3.05, 3.63) is 12.2 Å². The Bertz CT molecular complexity index is 121. The maximum atomic E-state index is 9.00. The molecule has 1 nitrogen and oxygen atoms in total. The molecule has 0 bridgehead atoms. The zero-order valence-corrected chi connectivity index (χ0v) is 7.29. The van der Waals surface area contributed by atoms with Gasteiger partial charge in [0.05, 0.1) is 6.10 Å². The van der Waals surface area contributed by atoms with Crippen LogP contribution in [0.15, 0.2) is 12.2 Å². The highest BCUT2D eigenvalue weighted by molar-refractivity contribution is 4.92. The van der Waals surface area contributed by atoms with Crippen LogP contribution in [0.25, 0.3) is 0 Å². The number of allylic oxidation sites excluding steroid dienone is 1. The minimum atomic E-state index is -0.267. The van der Waals surface area contributed by atoms with Crippen molar-refractivity contribution < 1.29 is 5.11 Å². The summed E-state index contributed by atoms with van der Waals surface area (Å²) in [5, 5.41) is 9.00. The summed E-state index contributed by atoms with van der Waals surface area (Å²) in [4.78, 5) is 0. The van der Waals surface area contributed by atoms with Gasteiger partial charge in [-0.05, 0) is 25.7 Å². The first-order valence-corrected chi connectivity index (χ1v) is 4.65. The molecule has 0 heterocycles. The van der Waals surface area contributed by atoms with Crippen molar-refractivity contribution in [1.29, 1.82) is 0 Å². The van der Waals surface area contributed by atoms with E-state index in [1.807, 2.05) is 6.08 Å². The Kier molecular flexibility index (Phi) is 3.64. The zero-order valence-electron chi connectivity index (χ0n) is 7.29. The van der Waals surface area contributed by atoms with Crippen molar-refractivity contribution in [2.45, 2.75) is 45.1 Å². The SMILES string of the molecule is C[C@@H](O)/C=C\C1CCCCC1. The molecule has 1 N–H and O–H groups in total. The third kappa shape index (κ3) is 3.57. The van der Waals surface area contributed by atoms with E-state index in [1.54, 1.807) is 6.92 Å². The van der Waals surface area contributed by atoms with Gasteiger partial charge in [0, 0.05) is 0 Å². The van der Waals surface area contributed by atoms with Gasteiger partial charge in [-0.15, -0.1) is 0 Å². The molecule has 11 heavy (non-hydrogen) atoms. The predicted octanol–water partition coefficient (Wildman–Crippen LogP) is 2.50. The van der Waals surface area contributed by atoms with Gasteiger partial charge in [-0.2, -0.15) is 0 Å². The van der Waals surface area contributed by atoms with Crippen molar-refractivity contribution in [3.8, 4) is 0 Å². The fraction of sp³-hybridized carbons (Fsp3) is 0.800. The van der Waals surface area contributed by atoms with Crippen LogP contribution in [0.4, 0.5) is 0 Å². The van der Waals surface area contributed by atoms with Crippen LogP contribution in [0.2, 0.25) is 0 Å². The molecule has 0 saturated heterocycles. The molecule has 1 aliphatic carbocycles. The molecule has 0 amide bonds. The lowest BCUT2D eigenvalue weighted by atomic mass is 9.89. The van der Waals surface area contributed by atoms with Gasteiger partial charge in [-0.1, -0.05) is 31.4 Å². The number of hydrogen-bond acceptors (Lipinski definition) is 1. The van der Waals surface area contributed by atoms with E-state index in [0.29, 0.717) is 0 Å². The quantitative estimate of drug-likeness (QED) is 0.606. The molecule has 1 rings (SSSR count). The average molecular weight is 154 g/mol. The lowest BCUT2D eigenvalue weighted by Gasteiger charge is -2.17. The van der Waals surface area contributed by atoms with Gasteiger partial charge in [-0.25, -0.2) is 0 Å². The first kappa shape index (κ1) is 8.79. The Labute approximate surface area is 69.1 Å². The van der Waals surface area contributed by atoms with E-state index in [2.05, 4.69) is 6.08 Å². The van der Waals surface area contributed by atoms with E-state index in [-0.39, 0.29) is 6.10 Å². The topological polar surface area (TPSA) is 20.2 Å². The molecule has 0 spiro atoms. The maximum Gasteiger partial charge on any atom is 0.0692 e. The highest BCUT2D eigenvalue weighted by Gasteiger charge is 2.09. The number of rotatable bonds is 2. The van der Waals surface area contributed by atoms with Crippen LogP contribution in [-0.2, 0) is 0 Å². The molecule has 1 atom stereocenters. The highest BCUT2D eigenvalue weighted by atomic mass is 16.3. The summed E-state index contributed by atoms with van der Waals surface area (Å²) in [5.74, 6) is 0.748. The fourth-order valence-electron chi connectivity index (χ4n) is 1.64. The Morgan fingerprint density at radius 2 is 1.91 bits per heavy atom. The zero-order chi connectivity index (χ0) is 8.10. The molecule has 0 aromatic heterocycles. The van der Waals surface area contributed by atoms with Crippen molar-refractivity contribution in [2.75, 3.05) is 0 Å². The predicted molar refractivity (Wildman–Crippen MR) is 47.4 cm³/mol. The number of aliphatic hydroxyl groups is 1. The summed E-state index contributed by atoms with van der Waals surface area (Å²) < 4.78 is 0. The Morgan fingerprint density at radius 3 is 2.45 bits per heavy atom. The molecule has 0 radical (unpaired) electrons. The molecule has 0 aliphatic heterocycles. The van der Waals surface area contributed by atoms with Gasteiger partial charge < -0.3 is 5.11 Å². The molecule has 1 fully saturated rings. The van der Waals surface area contributed by atoms with E-state index in [0.717, 1.165) is 5.92 Å². The Morgan fingerprint density at radius 1 is 1.27 bits per heavy atom. The first-order valence-electron chi connectivity index (χ1n) is 4.65. The molecule has 0 unspecified atom stereocenters. The smallest absolute Gasteiger partial charge is 0.0692 e. The largest absolute Gasteiger partial charge is 0.389 e. The number of aliphatic hydroxyl groups excluding tert-OH is 1. The summed E-state index contributed by atoms with van der Waals surface area (Å²) in [6, 6.07) is 0. The monoisotopic (exact) mass is 154 g/mol. The second-order valence-corrected chi connectivity index (χ2v) is 3.52. The molecular formula is C10H18O. The van der Waals surface area contributed by atoms with Crippen LogP contribution in [0, 0.1) is 5.92 Å². The first-order chi connectivity index (χ1) is 5.29. The molecular weight excluding hydrogens is 136 g/mol. The summed E-state index contributed by atoms with van der Waals surface area (Å²) in [5.41, 5.74) is 0. The average Bonchev–Trinajstić information content (AvgIpc) is 2.03. The van der Waals surface area contributed by atoms with Crippen LogP contribution < -0.4 is 0 Å². The Balaban J connectivity index is 2.23. The van der Waals surface area contributed by atoms with Crippen LogP contribution in [0.5, 0.6) is 0 Å². The van der Waals surface area contributed by atoms with E-state index in [9.17, 15) is 0 Å². The van der Waals surface area contributed by atoms with E-state index < -0.39 is 0 Å². The summed E-state index contributed by atoms with van der Waals surface area (Å²) in [6.45, 7) is 1.80. The van der Waals surface area contributed by atoms with Crippen LogP contribution in [0.1, 0.15) is 39.0 Å². The summed E-state index contributed by atoms with van der Waals surface area (Å²) >= 11 is 0. The summed E-state index contributed by atoms with van der Waals surface area (Å²) in [6.07, 6.45) is 10.6. The van der Waals surface area contributed by atoms with Gasteiger partial charge in [0.2, 0.25) is 0 Å². The fourth-order valence-corrected chi connectivity index (χ4v) is 1.64. The Hall–Kier alpha value is -0.300. The minimum absolute atomic E-state index is 0.267. The maximum absolute atomic E-state index is 9.00. The van der Waals surface area contributed by atoms with Crippen molar-refractivity contribution >= 4 is 0 Å². The van der Waals surface area contributed by atoms with Gasteiger partial charge in [0.1, 0.15) is 0 Å². The molecule has 1 aliphatic rings.